The van der Waals surface area contributed by atoms with Crippen LogP contribution in [-0.4, -0.2) is 64.1 Å². The predicted molar refractivity (Wildman–Crippen MR) is 139 cm³/mol. The van der Waals surface area contributed by atoms with Gasteiger partial charge in [0.05, 0.1) is 14.2 Å². The van der Waals surface area contributed by atoms with E-state index in [2.05, 4.69) is 35.4 Å². The number of alkyl halides is 3. The van der Waals surface area contributed by atoms with Crippen LogP contribution in [0.15, 0.2) is 66.9 Å². The Bertz CT molecular complexity index is 1400. The summed E-state index contributed by atoms with van der Waals surface area (Å²) in [4.78, 5) is 16.2. The first-order chi connectivity index (χ1) is 18.7. The first-order valence-electron chi connectivity index (χ1n) is 12.3. The third-order valence-electron chi connectivity index (χ3n) is 6.51. The number of pyridine rings is 1. The van der Waals surface area contributed by atoms with E-state index in [-0.39, 0.29) is 0 Å². The number of likely N-dealkylation sites (tertiary alicyclic amines) is 1. The number of aromatic nitrogens is 3. The fraction of sp³-hybridized carbons (Fsp3) is 0.321. The lowest BCUT2D eigenvalue weighted by atomic mass is 9.96. The summed E-state index contributed by atoms with van der Waals surface area (Å²) in [6.45, 7) is 3.09. The average Bonchev–Trinajstić information content (AvgIpc) is 3.37. The molecule has 1 N–H and O–H groups in total. The monoisotopic (exact) mass is 542 g/mol. The topological polar surface area (TPSA) is 89.2 Å². The number of rotatable bonds is 6. The van der Waals surface area contributed by atoms with E-state index in [1.165, 1.54) is 5.56 Å². The van der Waals surface area contributed by atoms with Crippen molar-refractivity contribution in [2.24, 2.45) is 0 Å². The molecule has 0 saturated carbocycles. The van der Waals surface area contributed by atoms with E-state index >= 15 is 0 Å². The molecule has 0 spiro atoms. The van der Waals surface area contributed by atoms with Gasteiger partial charge in [-0.05, 0) is 73.5 Å². The van der Waals surface area contributed by atoms with E-state index in [9.17, 15) is 13.2 Å². The lowest BCUT2D eigenvalue weighted by Gasteiger charge is -2.30. The van der Waals surface area contributed by atoms with Gasteiger partial charge < -0.3 is 14.6 Å². The van der Waals surface area contributed by atoms with Crippen LogP contribution in [-0.2, 0) is 11.3 Å². The smallest absolute Gasteiger partial charge is 0.490 e. The maximum Gasteiger partial charge on any atom is 0.490 e. The molecule has 0 bridgehead atoms. The van der Waals surface area contributed by atoms with Gasteiger partial charge in [-0.3, -0.25) is 4.90 Å². The number of hydrogen-bond acceptors (Lipinski definition) is 6. The molecule has 39 heavy (non-hydrogen) atoms. The predicted octanol–water partition coefficient (Wildman–Crippen LogP) is 5.43. The summed E-state index contributed by atoms with van der Waals surface area (Å²) in [6.07, 6.45) is -0.870. The lowest BCUT2D eigenvalue weighted by molar-refractivity contribution is -0.192. The van der Waals surface area contributed by atoms with Crippen molar-refractivity contribution in [1.82, 2.24) is 19.5 Å². The number of methoxy groups -OCH3 is 2. The number of carboxylic acids is 1. The Hall–Kier alpha value is -4.12. The van der Waals surface area contributed by atoms with E-state index in [1.54, 1.807) is 14.2 Å². The van der Waals surface area contributed by atoms with Crippen molar-refractivity contribution >= 4 is 11.6 Å². The molecule has 2 aromatic heterocycles. The molecule has 8 nitrogen and oxygen atoms in total. The van der Waals surface area contributed by atoms with Gasteiger partial charge in [-0.1, -0.05) is 24.3 Å². The molecule has 1 aliphatic rings. The largest absolute Gasteiger partial charge is 0.497 e. The number of carboxylic acid groups (broad SMARTS) is 1. The summed E-state index contributed by atoms with van der Waals surface area (Å²) in [7, 11) is 3.39. The molecule has 0 amide bonds. The molecule has 1 fully saturated rings. The molecule has 0 unspecified atom stereocenters. The second kappa shape index (κ2) is 12.2. The number of ether oxygens (including phenoxy) is 2. The van der Waals surface area contributed by atoms with Gasteiger partial charge in [-0.25, -0.2) is 14.3 Å². The van der Waals surface area contributed by atoms with E-state index in [0.717, 1.165) is 66.6 Å². The van der Waals surface area contributed by atoms with Crippen molar-refractivity contribution in [2.45, 2.75) is 31.5 Å². The first kappa shape index (κ1) is 27.9. The van der Waals surface area contributed by atoms with Crippen LogP contribution in [0.3, 0.4) is 0 Å². The summed E-state index contributed by atoms with van der Waals surface area (Å²) in [5, 5.41) is 12.0. The highest BCUT2D eigenvalue weighted by Crippen LogP contribution is 2.29. The van der Waals surface area contributed by atoms with Crippen LogP contribution < -0.4 is 9.47 Å². The summed E-state index contributed by atoms with van der Waals surface area (Å²) in [5.41, 5.74) is 4.42. The summed E-state index contributed by atoms with van der Waals surface area (Å²) in [5.74, 6) is 0.356. The highest BCUT2D eigenvalue weighted by atomic mass is 19.4. The van der Waals surface area contributed by atoms with Crippen LogP contribution >= 0.6 is 0 Å². The summed E-state index contributed by atoms with van der Waals surface area (Å²) < 4.78 is 44.3. The van der Waals surface area contributed by atoms with E-state index < -0.39 is 12.1 Å². The van der Waals surface area contributed by atoms with Crippen molar-refractivity contribution in [3.63, 3.8) is 0 Å². The highest BCUT2D eigenvalue weighted by Gasteiger charge is 2.38. The third kappa shape index (κ3) is 7.26. The molecule has 0 atom stereocenters. The maximum atomic E-state index is 10.6. The minimum absolute atomic E-state index is 0.405. The van der Waals surface area contributed by atoms with Gasteiger partial charge >= 0.3 is 12.1 Å². The van der Waals surface area contributed by atoms with Gasteiger partial charge in [-0.15, -0.1) is 0 Å². The van der Waals surface area contributed by atoms with Gasteiger partial charge in [0.1, 0.15) is 11.5 Å². The minimum Gasteiger partial charge on any atom is -0.497 e. The van der Waals surface area contributed by atoms with Gasteiger partial charge in [0, 0.05) is 24.2 Å². The van der Waals surface area contributed by atoms with Crippen molar-refractivity contribution < 1.29 is 32.5 Å². The Labute approximate surface area is 223 Å². The van der Waals surface area contributed by atoms with Crippen molar-refractivity contribution in [3.05, 3.63) is 78.2 Å². The SMILES string of the molecule is COc1ccc(CN2CCC(c3nc4ccc(-c5cccc(OC)c5)cn4n3)CC2)cc1.O=C(O)C(F)(F)F. The zero-order valence-electron chi connectivity index (χ0n) is 21.6. The third-order valence-corrected chi connectivity index (χ3v) is 6.51. The van der Waals surface area contributed by atoms with Crippen LogP contribution in [0.2, 0.25) is 0 Å². The van der Waals surface area contributed by atoms with Crippen LogP contribution in [0.25, 0.3) is 16.8 Å². The Balaban J connectivity index is 0.000000448. The second-order valence-corrected chi connectivity index (χ2v) is 9.12. The molecule has 2 aromatic carbocycles. The molecule has 11 heteroatoms. The zero-order valence-corrected chi connectivity index (χ0v) is 21.6. The van der Waals surface area contributed by atoms with Crippen molar-refractivity contribution in [3.8, 4) is 22.6 Å². The molecular formula is C28H29F3N4O4. The van der Waals surface area contributed by atoms with E-state index in [0.29, 0.717) is 5.92 Å². The lowest BCUT2D eigenvalue weighted by Crippen LogP contribution is -2.32. The minimum atomic E-state index is -5.08. The van der Waals surface area contributed by atoms with E-state index in [4.69, 9.17) is 29.5 Å². The molecule has 206 valence electrons. The average molecular weight is 543 g/mol. The molecule has 0 aliphatic carbocycles. The van der Waals surface area contributed by atoms with Crippen molar-refractivity contribution in [1.29, 1.82) is 0 Å². The Morgan fingerprint density at radius 3 is 2.26 bits per heavy atom. The Morgan fingerprint density at radius 1 is 0.974 bits per heavy atom. The fourth-order valence-electron chi connectivity index (χ4n) is 4.39. The second-order valence-electron chi connectivity index (χ2n) is 9.12. The molecule has 5 rings (SSSR count). The van der Waals surface area contributed by atoms with Crippen molar-refractivity contribution in [2.75, 3.05) is 27.3 Å². The van der Waals surface area contributed by atoms with Gasteiger partial charge in [-0.2, -0.15) is 18.3 Å². The molecule has 4 aromatic rings. The molecule has 3 heterocycles. The normalized spacial score (nSPS) is 14.5. The Morgan fingerprint density at radius 2 is 1.64 bits per heavy atom. The first-order valence-corrected chi connectivity index (χ1v) is 12.3. The molecule has 0 radical (unpaired) electrons. The Kier molecular flexibility index (Phi) is 8.70. The zero-order chi connectivity index (χ0) is 28.0. The number of aliphatic carboxylic acids is 1. The molecule has 1 aliphatic heterocycles. The highest BCUT2D eigenvalue weighted by molar-refractivity contribution is 5.73. The van der Waals surface area contributed by atoms with Crippen LogP contribution in [0.1, 0.15) is 30.1 Å². The van der Waals surface area contributed by atoms with Crippen LogP contribution in [0.4, 0.5) is 13.2 Å². The van der Waals surface area contributed by atoms with Gasteiger partial charge in [0.25, 0.3) is 0 Å². The molecular weight excluding hydrogens is 513 g/mol. The van der Waals surface area contributed by atoms with Crippen LogP contribution in [0, 0.1) is 0 Å². The number of nitrogens with zero attached hydrogens (tertiary/aromatic N) is 4. The standard InChI is InChI=1S/C26H28N4O2.C2HF3O2/c1-31-23-9-6-19(7-10-23)17-29-14-12-20(13-15-29)26-27-25-11-8-22(18-30(25)28-26)21-4-3-5-24(16-21)32-2;3-2(4,5)1(6)7/h3-11,16,18,20H,12-15,17H2,1-2H3;(H,6,7). The number of benzene rings is 2. The van der Waals surface area contributed by atoms with E-state index in [1.807, 2.05) is 40.9 Å². The van der Waals surface area contributed by atoms with Gasteiger partial charge in [0.2, 0.25) is 0 Å². The number of hydrogen-bond donors (Lipinski definition) is 1. The quantitative estimate of drug-likeness (QED) is 0.348. The maximum absolute atomic E-state index is 10.6. The number of halogens is 3. The summed E-state index contributed by atoms with van der Waals surface area (Å²) in [6, 6.07) is 20.6. The number of carbonyl (C=O) groups is 1. The van der Waals surface area contributed by atoms with Crippen LogP contribution in [0.5, 0.6) is 11.5 Å². The van der Waals surface area contributed by atoms with Gasteiger partial charge in [0.15, 0.2) is 11.5 Å². The summed E-state index contributed by atoms with van der Waals surface area (Å²) >= 11 is 0. The number of fused-ring (bicyclic) bond motifs is 1. The molecule has 1 saturated heterocycles. The number of piperidine rings is 1. The fourth-order valence-corrected chi connectivity index (χ4v) is 4.39.